The van der Waals surface area contributed by atoms with Gasteiger partial charge in [-0.3, -0.25) is 0 Å². The summed E-state index contributed by atoms with van der Waals surface area (Å²) in [7, 11) is 3.51. The van der Waals surface area contributed by atoms with Crippen LogP contribution in [0.2, 0.25) is 5.02 Å². The third kappa shape index (κ3) is 4.97. The number of nitrogens with two attached hydrogens (primary N) is 1. The fourth-order valence-electron chi connectivity index (χ4n) is 4.76. The van der Waals surface area contributed by atoms with Crippen molar-refractivity contribution in [2.75, 3.05) is 26.4 Å². The van der Waals surface area contributed by atoms with E-state index in [4.69, 9.17) is 27.1 Å². The van der Waals surface area contributed by atoms with E-state index >= 15 is 0 Å². The molecule has 1 aliphatic heterocycles. The average Bonchev–Trinajstić information content (AvgIpc) is 2.76. The molecule has 0 unspecified atom stereocenters. The van der Waals surface area contributed by atoms with E-state index in [1.54, 1.807) is 25.9 Å². The first-order valence-electron chi connectivity index (χ1n) is 11.7. The van der Waals surface area contributed by atoms with Crippen molar-refractivity contribution in [2.45, 2.75) is 58.0 Å². The first-order valence-corrected chi connectivity index (χ1v) is 12.1. The molecule has 0 atom stereocenters. The minimum absolute atomic E-state index is 0.0376. The van der Waals surface area contributed by atoms with Crippen molar-refractivity contribution >= 4 is 34.8 Å². The molecule has 1 aliphatic carbocycles. The number of halogens is 1. The predicted molar refractivity (Wildman–Crippen MR) is 135 cm³/mol. The van der Waals surface area contributed by atoms with E-state index in [2.05, 4.69) is 27.4 Å². The van der Waals surface area contributed by atoms with Crippen LogP contribution in [0.1, 0.15) is 62.4 Å². The number of hydrogen-bond acceptors (Lipinski definition) is 6. The van der Waals surface area contributed by atoms with E-state index in [9.17, 15) is 4.79 Å². The number of fused-ring (bicyclic) bond motifs is 1. The number of aliphatic imine (C=N–C) groups is 1. The van der Waals surface area contributed by atoms with Gasteiger partial charge in [-0.25, -0.2) is 14.8 Å². The van der Waals surface area contributed by atoms with E-state index in [1.807, 2.05) is 19.9 Å². The van der Waals surface area contributed by atoms with Gasteiger partial charge in [0.05, 0.1) is 5.71 Å². The second-order valence-electron chi connectivity index (χ2n) is 9.92. The van der Waals surface area contributed by atoms with Gasteiger partial charge in [0.15, 0.2) is 11.5 Å². The normalized spacial score (nSPS) is 21.2. The van der Waals surface area contributed by atoms with Gasteiger partial charge in [-0.15, -0.1) is 0 Å². The second-order valence-corrected chi connectivity index (χ2v) is 10.3. The van der Waals surface area contributed by atoms with Crippen LogP contribution in [0.25, 0.3) is 0 Å². The summed E-state index contributed by atoms with van der Waals surface area (Å²) in [5.74, 6) is 2.17. The Balaban J connectivity index is 1.49. The van der Waals surface area contributed by atoms with Crippen LogP contribution in [0.4, 0.5) is 16.3 Å². The quantitative estimate of drug-likeness (QED) is 0.644. The highest BCUT2D eigenvalue weighted by Gasteiger charge is 2.36. The van der Waals surface area contributed by atoms with E-state index in [1.165, 1.54) is 0 Å². The Morgan fingerprint density at radius 3 is 2.59 bits per heavy atom. The fraction of sp³-hybridized carbons (Fsp3) is 0.520. The number of nitrogen functional groups attached to an aromatic ring is 1. The summed E-state index contributed by atoms with van der Waals surface area (Å²) < 4.78 is 6.16. The van der Waals surface area contributed by atoms with Gasteiger partial charge in [0, 0.05) is 31.2 Å². The molecule has 1 saturated carbocycles. The molecule has 0 bridgehead atoms. The molecule has 1 aromatic heterocycles. The molecular weight excluding hydrogens is 452 g/mol. The minimum Gasteiger partial charge on any atom is -0.463 e. The number of amides is 2. The van der Waals surface area contributed by atoms with Crippen LogP contribution in [0.3, 0.4) is 0 Å². The topological polar surface area (TPSA) is 106 Å². The number of carbonyl (C=O) groups is 1. The molecule has 2 heterocycles. The lowest BCUT2D eigenvalue weighted by Gasteiger charge is -2.33. The third-order valence-corrected chi connectivity index (χ3v) is 6.97. The lowest BCUT2D eigenvalue weighted by Crippen LogP contribution is -2.41. The molecule has 2 aromatic rings. The summed E-state index contributed by atoms with van der Waals surface area (Å²) in [5, 5.41) is 3.74. The van der Waals surface area contributed by atoms with Gasteiger partial charge in [-0.05, 0) is 69.9 Å². The van der Waals surface area contributed by atoms with Crippen LogP contribution in [0, 0.1) is 12.8 Å². The molecule has 1 aromatic carbocycles. The van der Waals surface area contributed by atoms with Crippen LogP contribution in [-0.4, -0.2) is 52.9 Å². The number of anilines is 1. The SMILES string of the molecule is Cc1nc(N)c2c(n1)OC(C)(C)C(c1ccc([C@H]3CC[C@H](CNC(=O)N(C)C)CC3)c(Cl)c1)=N2. The second kappa shape index (κ2) is 9.41. The number of carbonyl (C=O) groups excluding carboxylic acids is 1. The van der Waals surface area contributed by atoms with Gasteiger partial charge in [0.25, 0.3) is 0 Å². The predicted octanol–water partition coefficient (Wildman–Crippen LogP) is 4.86. The van der Waals surface area contributed by atoms with Crippen molar-refractivity contribution in [3.05, 3.63) is 40.2 Å². The Labute approximate surface area is 206 Å². The van der Waals surface area contributed by atoms with Crippen molar-refractivity contribution in [1.29, 1.82) is 0 Å². The van der Waals surface area contributed by atoms with Crippen molar-refractivity contribution < 1.29 is 9.53 Å². The third-order valence-electron chi connectivity index (χ3n) is 6.65. The molecule has 2 aliphatic rings. The van der Waals surface area contributed by atoms with E-state index in [0.717, 1.165) is 54.1 Å². The van der Waals surface area contributed by atoms with Gasteiger partial charge < -0.3 is 20.7 Å². The fourth-order valence-corrected chi connectivity index (χ4v) is 5.09. The number of rotatable bonds is 4. The van der Waals surface area contributed by atoms with Crippen LogP contribution in [-0.2, 0) is 0 Å². The zero-order valence-electron chi connectivity index (χ0n) is 20.5. The van der Waals surface area contributed by atoms with Crippen LogP contribution >= 0.6 is 11.6 Å². The average molecular weight is 485 g/mol. The van der Waals surface area contributed by atoms with Gasteiger partial charge in [0.2, 0.25) is 5.88 Å². The molecule has 182 valence electrons. The molecule has 34 heavy (non-hydrogen) atoms. The van der Waals surface area contributed by atoms with Crippen molar-refractivity contribution in [3.8, 4) is 5.88 Å². The molecule has 4 rings (SSSR count). The summed E-state index contributed by atoms with van der Waals surface area (Å²) in [6.07, 6.45) is 4.24. The van der Waals surface area contributed by atoms with Gasteiger partial charge in [0.1, 0.15) is 11.4 Å². The van der Waals surface area contributed by atoms with Crippen LogP contribution in [0.15, 0.2) is 23.2 Å². The monoisotopic (exact) mass is 484 g/mol. The smallest absolute Gasteiger partial charge is 0.316 e. The number of hydrogen-bond donors (Lipinski definition) is 2. The summed E-state index contributed by atoms with van der Waals surface area (Å²) >= 11 is 6.79. The molecule has 8 nitrogen and oxygen atoms in total. The Morgan fingerprint density at radius 2 is 1.94 bits per heavy atom. The Bertz CT molecular complexity index is 1120. The number of nitrogens with one attached hydrogen (secondary N) is 1. The first-order chi connectivity index (χ1) is 16.0. The zero-order valence-corrected chi connectivity index (χ0v) is 21.2. The standard InChI is InChI=1S/C25H33ClN6O2/c1-14-29-22(27)20-23(30-14)34-25(2,3)21(31-20)17-10-11-18(19(26)12-17)16-8-6-15(7-9-16)13-28-24(33)32(4)5/h10-12,15-16H,6-9,13H2,1-5H3,(H,28,33)(H2,27,29,30)/t15-,16-. The first kappa shape index (κ1) is 24.3. The number of nitrogens with zero attached hydrogens (tertiary/aromatic N) is 4. The highest BCUT2D eigenvalue weighted by atomic mass is 35.5. The summed E-state index contributed by atoms with van der Waals surface area (Å²) in [6.45, 7) is 6.42. The maximum Gasteiger partial charge on any atom is 0.316 e. The van der Waals surface area contributed by atoms with E-state index in [-0.39, 0.29) is 6.03 Å². The molecular formula is C25H33ClN6O2. The highest BCUT2D eigenvalue weighted by molar-refractivity contribution is 6.32. The van der Waals surface area contributed by atoms with Crippen molar-refractivity contribution in [3.63, 3.8) is 0 Å². The number of aromatic nitrogens is 2. The van der Waals surface area contributed by atoms with Crippen molar-refractivity contribution in [1.82, 2.24) is 20.2 Å². The Morgan fingerprint density at radius 1 is 1.24 bits per heavy atom. The maximum absolute atomic E-state index is 11.8. The van der Waals surface area contributed by atoms with Gasteiger partial charge in [-0.1, -0.05) is 23.7 Å². The van der Waals surface area contributed by atoms with Crippen LogP contribution in [0.5, 0.6) is 5.88 Å². The Hall–Kier alpha value is -2.87. The molecule has 0 radical (unpaired) electrons. The molecule has 0 spiro atoms. The number of benzene rings is 1. The molecule has 2 amide bonds. The molecule has 0 saturated heterocycles. The van der Waals surface area contributed by atoms with E-state index in [0.29, 0.717) is 35.0 Å². The number of urea groups is 1. The summed E-state index contributed by atoms with van der Waals surface area (Å²) in [5.41, 5.74) is 8.66. The largest absolute Gasteiger partial charge is 0.463 e. The summed E-state index contributed by atoms with van der Waals surface area (Å²) in [4.78, 5) is 26.7. The van der Waals surface area contributed by atoms with Crippen LogP contribution < -0.4 is 15.8 Å². The number of ether oxygens (including phenoxy) is 1. The summed E-state index contributed by atoms with van der Waals surface area (Å²) in [6, 6.07) is 6.11. The van der Waals surface area contributed by atoms with Gasteiger partial charge in [-0.2, -0.15) is 4.98 Å². The number of aryl methyl sites for hydroxylation is 1. The molecule has 3 N–H and O–H groups in total. The molecule has 1 fully saturated rings. The highest BCUT2D eigenvalue weighted by Crippen LogP contribution is 2.42. The van der Waals surface area contributed by atoms with Gasteiger partial charge >= 0.3 is 6.03 Å². The minimum atomic E-state index is -0.694. The van der Waals surface area contributed by atoms with E-state index < -0.39 is 5.60 Å². The maximum atomic E-state index is 11.8. The lowest BCUT2D eigenvalue weighted by atomic mass is 9.78. The molecule has 9 heteroatoms. The Kier molecular flexibility index (Phi) is 6.71. The van der Waals surface area contributed by atoms with Crippen molar-refractivity contribution in [2.24, 2.45) is 10.9 Å². The zero-order chi connectivity index (χ0) is 24.6. The lowest BCUT2D eigenvalue weighted by molar-refractivity contribution is 0.171.